The minimum absolute atomic E-state index is 0.193. The van der Waals surface area contributed by atoms with Crippen molar-refractivity contribution in [2.75, 3.05) is 38.6 Å². The number of carboxylic acids is 1. The van der Waals surface area contributed by atoms with Gasteiger partial charge in [0.05, 0.1) is 4.90 Å². The van der Waals surface area contributed by atoms with E-state index in [0.29, 0.717) is 25.3 Å². The van der Waals surface area contributed by atoms with Crippen molar-refractivity contribution in [3.05, 3.63) is 24.3 Å². The van der Waals surface area contributed by atoms with Crippen LogP contribution in [0.1, 0.15) is 0 Å². The molecular formula is C13H19N3O4S. The molecule has 0 spiro atoms. The summed E-state index contributed by atoms with van der Waals surface area (Å²) >= 11 is 0. The number of carbonyl (C=O) groups is 1. The van der Waals surface area contributed by atoms with Gasteiger partial charge in [-0.15, -0.1) is 0 Å². The third kappa shape index (κ3) is 3.17. The molecule has 21 heavy (non-hydrogen) atoms. The van der Waals surface area contributed by atoms with Crippen molar-refractivity contribution in [2.45, 2.75) is 10.9 Å². The zero-order valence-electron chi connectivity index (χ0n) is 12.0. The fourth-order valence-corrected chi connectivity index (χ4v) is 3.16. The van der Waals surface area contributed by atoms with Gasteiger partial charge in [0.15, 0.2) is 0 Å². The Kier molecular flexibility index (Phi) is 4.50. The average molecular weight is 313 g/mol. The van der Waals surface area contributed by atoms with Crippen LogP contribution in [0, 0.1) is 0 Å². The molecule has 0 aliphatic carbocycles. The summed E-state index contributed by atoms with van der Waals surface area (Å²) in [4.78, 5) is 13.2. The fraction of sp³-hybridized carbons (Fsp3) is 0.462. The first-order valence-electron chi connectivity index (χ1n) is 6.57. The van der Waals surface area contributed by atoms with Gasteiger partial charge in [-0.05, 0) is 24.3 Å². The molecule has 2 rings (SSSR count). The number of hydrogen-bond acceptors (Lipinski definition) is 5. The zero-order chi connectivity index (χ0) is 15.6. The number of carboxylic acid groups (broad SMARTS) is 1. The van der Waals surface area contributed by atoms with Crippen LogP contribution in [0.5, 0.6) is 0 Å². The van der Waals surface area contributed by atoms with Crippen LogP contribution in [-0.4, -0.2) is 63.6 Å². The van der Waals surface area contributed by atoms with Crippen LogP contribution in [0.3, 0.4) is 0 Å². The Balaban J connectivity index is 2.28. The summed E-state index contributed by atoms with van der Waals surface area (Å²) in [5.41, 5.74) is 0.710. The quantitative estimate of drug-likeness (QED) is 0.800. The van der Waals surface area contributed by atoms with Crippen molar-refractivity contribution in [3.63, 3.8) is 0 Å². The summed E-state index contributed by atoms with van der Waals surface area (Å²) < 4.78 is 25.1. The minimum Gasteiger partial charge on any atom is -0.480 e. The van der Waals surface area contributed by atoms with E-state index in [1.807, 2.05) is 0 Å². The van der Waals surface area contributed by atoms with Crippen LogP contribution in [0.25, 0.3) is 0 Å². The van der Waals surface area contributed by atoms with E-state index in [1.54, 1.807) is 17.0 Å². The molecule has 116 valence electrons. The molecule has 0 radical (unpaired) electrons. The Bertz CT molecular complexity index is 613. The van der Waals surface area contributed by atoms with Gasteiger partial charge in [0.1, 0.15) is 6.04 Å². The first-order chi connectivity index (χ1) is 9.84. The lowest BCUT2D eigenvalue weighted by molar-refractivity contribution is -0.138. The highest BCUT2D eigenvalue weighted by molar-refractivity contribution is 7.89. The van der Waals surface area contributed by atoms with Crippen LogP contribution >= 0.6 is 0 Å². The van der Waals surface area contributed by atoms with Gasteiger partial charge < -0.3 is 15.3 Å². The topological polar surface area (TPSA) is 90.0 Å². The molecule has 0 amide bonds. The Morgan fingerprint density at radius 2 is 1.95 bits per heavy atom. The number of nitrogens with zero attached hydrogens (tertiary/aromatic N) is 2. The lowest BCUT2D eigenvalue weighted by atomic mass is 10.1. The van der Waals surface area contributed by atoms with Crippen molar-refractivity contribution in [1.82, 2.24) is 9.62 Å². The van der Waals surface area contributed by atoms with Crippen LogP contribution in [0.15, 0.2) is 29.2 Å². The normalized spacial score (nSPS) is 19.8. The lowest BCUT2D eigenvalue weighted by Crippen LogP contribution is -2.55. The number of sulfonamides is 1. The van der Waals surface area contributed by atoms with Crippen LogP contribution in [0.2, 0.25) is 0 Å². The Labute approximate surface area is 124 Å². The standard InChI is InChI=1S/C13H19N3O4S/c1-15(2)21(19,20)11-5-3-10(4-6-11)16-8-7-14-9-12(16)13(17)18/h3-6,12,14H,7-9H2,1-2H3,(H,17,18). The first-order valence-corrected chi connectivity index (χ1v) is 8.01. The second-order valence-electron chi connectivity index (χ2n) is 5.03. The lowest BCUT2D eigenvalue weighted by Gasteiger charge is -2.35. The second-order valence-corrected chi connectivity index (χ2v) is 7.18. The number of hydrogen-bond donors (Lipinski definition) is 2. The molecule has 1 aromatic carbocycles. The maximum absolute atomic E-state index is 12.0. The van der Waals surface area contributed by atoms with Gasteiger partial charge >= 0.3 is 5.97 Å². The van der Waals surface area contributed by atoms with Crippen LogP contribution in [0.4, 0.5) is 5.69 Å². The molecule has 2 N–H and O–H groups in total. The van der Waals surface area contributed by atoms with E-state index in [9.17, 15) is 18.3 Å². The molecule has 1 unspecified atom stereocenters. The van der Waals surface area contributed by atoms with Gasteiger partial charge in [-0.3, -0.25) is 0 Å². The maximum atomic E-state index is 12.0. The molecule has 1 heterocycles. The van der Waals surface area contributed by atoms with Gasteiger partial charge in [-0.1, -0.05) is 0 Å². The molecule has 0 bridgehead atoms. The molecule has 0 aromatic heterocycles. The fourth-order valence-electron chi connectivity index (χ4n) is 2.25. The largest absolute Gasteiger partial charge is 0.480 e. The highest BCUT2D eigenvalue weighted by atomic mass is 32.2. The second kappa shape index (κ2) is 6.00. The summed E-state index contributed by atoms with van der Waals surface area (Å²) in [5.74, 6) is -0.896. The van der Waals surface area contributed by atoms with E-state index >= 15 is 0 Å². The van der Waals surface area contributed by atoms with E-state index < -0.39 is 22.0 Å². The number of piperazine rings is 1. The molecule has 1 atom stereocenters. The summed E-state index contributed by atoms with van der Waals surface area (Å²) in [6, 6.07) is 5.67. The molecule has 1 aromatic rings. The zero-order valence-corrected chi connectivity index (χ0v) is 12.8. The Hall–Kier alpha value is -1.64. The highest BCUT2D eigenvalue weighted by Crippen LogP contribution is 2.22. The summed E-state index contributed by atoms with van der Waals surface area (Å²) in [6.45, 7) is 1.63. The van der Waals surface area contributed by atoms with Crippen molar-refractivity contribution >= 4 is 21.7 Å². The number of rotatable bonds is 4. The summed E-state index contributed by atoms with van der Waals surface area (Å²) in [6.07, 6.45) is 0. The Morgan fingerprint density at radius 3 is 2.48 bits per heavy atom. The smallest absolute Gasteiger partial charge is 0.327 e. The van der Waals surface area contributed by atoms with Gasteiger partial charge in [0, 0.05) is 39.4 Å². The number of nitrogens with one attached hydrogen (secondary N) is 1. The summed E-state index contributed by atoms with van der Waals surface area (Å²) in [5, 5.41) is 12.3. The van der Waals surface area contributed by atoms with E-state index in [-0.39, 0.29) is 4.90 Å². The van der Waals surface area contributed by atoms with Gasteiger partial charge in [-0.25, -0.2) is 17.5 Å². The maximum Gasteiger partial charge on any atom is 0.327 e. The van der Waals surface area contributed by atoms with Gasteiger partial charge in [0.2, 0.25) is 10.0 Å². The van der Waals surface area contributed by atoms with Crippen LogP contribution < -0.4 is 10.2 Å². The number of aliphatic carboxylic acids is 1. The van der Waals surface area contributed by atoms with Crippen molar-refractivity contribution in [3.8, 4) is 0 Å². The van der Waals surface area contributed by atoms with Gasteiger partial charge in [-0.2, -0.15) is 0 Å². The third-order valence-corrected chi connectivity index (χ3v) is 5.30. The van der Waals surface area contributed by atoms with E-state index in [2.05, 4.69) is 5.32 Å². The molecule has 1 fully saturated rings. The van der Waals surface area contributed by atoms with E-state index in [4.69, 9.17) is 0 Å². The third-order valence-electron chi connectivity index (χ3n) is 3.48. The van der Waals surface area contributed by atoms with Crippen LogP contribution in [-0.2, 0) is 14.8 Å². The molecular weight excluding hydrogens is 294 g/mol. The van der Waals surface area contributed by atoms with Gasteiger partial charge in [0.25, 0.3) is 0 Å². The highest BCUT2D eigenvalue weighted by Gasteiger charge is 2.28. The molecule has 1 aliphatic heterocycles. The number of anilines is 1. The van der Waals surface area contributed by atoms with Crippen molar-refractivity contribution in [2.24, 2.45) is 0 Å². The minimum atomic E-state index is -3.47. The molecule has 1 saturated heterocycles. The molecule has 0 saturated carbocycles. The van der Waals surface area contributed by atoms with E-state index in [1.165, 1.54) is 26.2 Å². The average Bonchev–Trinajstić information content (AvgIpc) is 2.47. The van der Waals surface area contributed by atoms with Crippen molar-refractivity contribution in [1.29, 1.82) is 0 Å². The monoisotopic (exact) mass is 313 g/mol. The number of benzene rings is 1. The molecule has 8 heteroatoms. The molecule has 7 nitrogen and oxygen atoms in total. The predicted molar refractivity (Wildman–Crippen MR) is 79.0 cm³/mol. The Morgan fingerprint density at radius 1 is 1.33 bits per heavy atom. The van der Waals surface area contributed by atoms with Crippen molar-refractivity contribution < 1.29 is 18.3 Å². The van der Waals surface area contributed by atoms with E-state index in [0.717, 1.165) is 4.31 Å². The first kappa shape index (κ1) is 15.7. The molecule has 1 aliphatic rings. The summed E-state index contributed by atoms with van der Waals surface area (Å²) in [7, 11) is -0.524. The SMILES string of the molecule is CN(C)S(=O)(=O)c1ccc(N2CCNCC2C(=O)O)cc1. The predicted octanol–water partition coefficient (Wildman–Crippen LogP) is -0.200.